The van der Waals surface area contributed by atoms with Gasteiger partial charge in [-0.1, -0.05) is 6.07 Å². The molecule has 3 aromatic rings. The Hall–Kier alpha value is -2.27. The van der Waals surface area contributed by atoms with Gasteiger partial charge >= 0.3 is 5.97 Å². The zero-order valence-corrected chi connectivity index (χ0v) is 11.9. The lowest BCUT2D eigenvalue weighted by molar-refractivity contribution is 0.0699. The molecule has 0 atom stereocenters. The van der Waals surface area contributed by atoms with Crippen molar-refractivity contribution in [3.63, 3.8) is 0 Å². The number of rotatable bonds is 2. The molecular weight excluding hydrogens is 272 g/mol. The number of aryl methyl sites for hydroxylation is 2. The molecule has 0 spiro atoms. The monoisotopic (exact) mass is 284 g/mol. The number of pyridine rings is 1. The van der Waals surface area contributed by atoms with E-state index in [0.29, 0.717) is 16.6 Å². The normalized spacial score (nSPS) is 10.9. The Labute approximate surface area is 119 Å². The van der Waals surface area contributed by atoms with Gasteiger partial charge in [-0.15, -0.1) is 11.3 Å². The molecule has 0 fully saturated rings. The third-order valence-corrected chi connectivity index (χ3v) is 3.93. The molecule has 0 aliphatic carbocycles. The van der Waals surface area contributed by atoms with Crippen LogP contribution < -0.4 is 0 Å². The molecule has 20 heavy (non-hydrogen) atoms. The van der Waals surface area contributed by atoms with Crippen LogP contribution in [0.25, 0.3) is 21.6 Å². The van der Waals surface area contributed by atoms with Crippen LogP contribution in [0.1, 0.15) is 21.5 Å². The number of aromatic nitrogens is 2. The Morgan fingerprint density at radius 3 is 2.70 bits per heavy atom. The molecule has 100 valence electrons. The minimum Gasteiger partial charge on any atom is -0.478 e. The van der Waals surface area contributed by atoms with Crippen LogP contribution in [-0.2, 0) is 0 Å². The van der Waals surface area contributed by atoms with Crippen molar-refractivity contribution in [1.82, 2.24) is 9.97 Å². The second-order valence-electron chi connectivity index (χ2n) is 4.67. The van der Waals surface area contributed by atoms with E-state index in [4.69, 9.17) is 0 Å². The number of hydrogen-bond acceptors (Lipinski definition) is 4. The molecule has 4 nitrogen and oxygen atoms in total. The maximum atomic E-state index is 11.5. The highest BCUT2D eigenvalue weighted by atomic mass is 32.1. The van der Waals surface area contributed by atoms with Crippen LogP contribution in [0.3, 0.4) is 0 Å². The van der Waals surface area contributed by atoms with Gasteiger partial charge in [0, 0.05) is 17.0 Å². The van der Waals surface area contributed by atoms with E-state index in [1.165, 1.54) is 11.3 Å². The molecule has 0 aliphatic rings. The van der Waals surface area contributed by atoms with Gasteiger partial charge in [0.25, 0.3) is 0 Å². The summed E-state index contributed by atoms with van der Waals surface area (Å²) in [5, 5.41) is 12.7. The lowest BCUT2D eigenvalue weighted by atomic mass is 10.0. The molecule has 0 aliphatic heterocycles. The van der Waals surface area contributed by atoms with Gasteiger partial charge in [0.05, 0.1) is 11.1 Å². The lowest BCUT2D eigenvalue weighted by Crippen LogP contribution is -2.02. The summed E-state index contributed by atoms with van der Waals surface area (Å²) in [6.07, 6.45) is 1.69. The molecule has 0 amide bonds. The Balaban J connectivity index is 2.40. The molecule has 0 saturated carbocycles. The number of nitrogens with zero attached hydrogens (tertiary/aromatic N) is 2. The fourth-order valence-corrected chi connectivity index (χ4v) is 2.98. The highest BCUT2D eigenvalue weighted by molar-refractivity contribution is 7.13. The van der Waals surface area contributed by atoms with Gasteiger partial charge in [0.2, 0.25) is 0 Å². The van der Waals surface area contributed by atoms with Crippen LogP contribution >= 0.6 is 11.3 Å². The molecule has 0 saturated heterocycles. The van der Waals surface area contributed by atoms with Crippen molar-refractivity contribution in [3.05, 3.63) is 46.5 Å². The van der Waals surface area contributed by atoms with E-state index in [0.717, 1.165) is 16.1 Å². The molecular formula is C15H12N2O2S. The van der Waals surface area contributed by atoms with Gasteiger partial charge < -0.3 is 5.11 Å². The predicted octanol–water partition coefficient (Wildman–Crippen LogP) is 3.67. The fraction of sp³-hybridized carbons (Fsp3) is 0.133. The number of hydrogen-bond donors (Lipinski definition) is 1. The minimum absolute atomic E-state index is 0.276. The van der Waals surface area contributed by atoms with Gasteiger partial charge in [0.1, 0.15) is 10.7 Å². The van der Waals surface area contributed by atoms with Gasteiger partial charge in [-0.2, -0.15) is 0 Å². The lowest BCUT2D eigenvalue weighted by Gasteiger charge is -2.09. The molecule has 0 radical (unpaired) electrons. The first-order valence-electron chi connectivity index (χ1n) is 6.11. The zero-order valence-electron chi connectivity index (χ0n) is 11.0. The Kier molecular flexibility index (Phi) is 2.99. The van der Waals surface area contributed by atoms with E-state index < -0.39 is 5.97 Å². The van der Waals surface area contributed by atoms with Crippen molar-refractivity contribution in [2.45, 2.75) is 13.8 Å². The van der Waals surface area contributed by atoms with Crippen molar-refractivity contribution in [2.75, 3.05) is 0 Å². The van der Waals surface area contributed by atoms with Gasteiger partial charge in [-0.3, -0.25) is 0 Å². The van der Waals surface area contributed by atoms with Crippen LogP contribution in [-0.4, -0.2) is 21.0 Å². The molecule has 2 aromatic heterocycles. The summed E-state index contributed by atoms with van der Waals surface area (Å²) in [5.74, 6) is -0.942. The van der Waals surface area contributed by atoms with Crippen LogP contribution in [0.5, 0.6) is 0 Å². The fourth-order valence-electron chi connectivity index (χ4n) is 2.38. The van der Waals surface area contributed by atoms with E-state index in [9.17, 15) is 9.90 Å². The van der Waals surface area contributed by atoms with Gasteiger partial charge in [0.15, 0.2) is 0 Å². The number of fused-ring (bicyclic) bond motifs is 1. The summed E-state index contributed by atoms with van der Waals surface area (Å²) in [6.45, 7) is 3.89. The standard InChI is InChI=1S/C15H12N2O2S/c1-8-5-9(2)13-10(15(18)19)7-12(17-11(13)6-8)14-16-3-4-20-14/h3-7H,1-2H3,(H,18,19). The van der Waals surface area contributed by atoms with E-state index in [2.05, 4.69) is 9.97 Å². The number of thiazole rings is 1. The summed E-state index contributed by atoms with van der Waals surface area (Å²) in [7, 11) is 0. The molecule has 3 rings (SSSR count). The first kappa shape index (κ1) is 12.7. The van der Waals surface area contributed by atoms with Crippen molar-refractivity contribution in [1.29, 1.82) is 0 Å². The number of benzene rings is 1. The van der Waals surface area contributed by atoms with E-state index in [1.807, 2.05) is 31.4 Å². The number of carboxylic acids is 1. The third kappa shape index (κ3) is 2.06. The van der Waals surface area contributed by atoms with Crippen molar-refractivity contribution < 1.29 is 9.90 Å². The number of aromatic carboxylic acids is 1. The van der Waals surface area contributed by atoms with E-state index in [1.54, 1.807) is 12.3 Å². The number of carbonyl (C=O) groups is 1. The van der Waals surface area contributed by atoms with Gasteiger partial charge in [-0.25, -0.2) is 14.8 Å². The molecule has 5 heteroatoms. The summed E-state index contributed by atoms with van der Waals surface area (Å²) in [5.41, 5.74) is 3.57. The van der Waals surface area contributed by atoms with Crippen molar-refractivity contribution in [2.24, 2.45) is 0 Å². The second-order valence-corrected chi connectivity index (χ2v) is 5.57. The highest BCUT2D eigenvalue weighted by Crippen LogP contribution is 2.28. The van der Waals surface area contributed by atoms with Crippen LogP contribution in [0, 0.1) is 13.8 Å². The SMILES string of the molecule is Cc1cc(C)c2c(C(=O)O)cc(-c3nccs3)nc2c1. The van der Waals surface area contributed by atoms with Crippen LogP contribution in [0.2, 0.25) is 0 Å². The molecule has 0 bridgehead atoms. The molecule has 1 N–H and O–H groups in total. The van der Waals surface area contributed by atoms with Crippen molar-refractivity contribution in [3.8, 4) is 10.7 Å². The van der Waals surface area contributed by atoms with Crippen LogP contribution in [0.4, 0.5) is 0 Å². The topological polar surface area (TPSA) is 63.1 Å². The Bertz CT molecular complexity index is 810. The first-order valence-corrected chi connectivity index (χ1v) is 6.99. The molecule has 0 unspecified atom stereocenters. The second kappa shape index (κ2) is 4.68. The summed E-state index contributed by atoms with van der Waals surface area (Å²) in [4.78, 5) is 20.3. The predicted molar refractivity (Wildman–Crippen MR) is 79.3 cm³/mol. The average molecular weight is 284 g/mol. The Morgan fingerprint density at radius 1 is 1.25 bits per heavy atom. The largest absolute Gasteiger partial charge is 0.478 e. The highest BCUT2D eigenvalue weighted by Gasteiger charge is 2.16. The minimum atomic E-state index is -0.942. The molecule has 2 heterocycles. The summed E-state index contributed by atoms with van der Waals surface area (Å²) in [6, 6.07) is 5.48. The summed E-state index contributed by atoms with van der Waals surface area (Å²) < 4.78 is 0. The summed E-state index contributed by atoms with van der Waals surface area (Å²) >= 11 is 1.45. The average Bonchev–Trinajstić information content (AvgIpc) is 2.90. The first-order chi connectivity index (χ1) is 9.56. The Morgan fingerprint density at radius 2 is 2.05 bits per heavy atom. The van der Waals surface area contributed by atoms with Gasteiger partial charge in [-0.05, 0) is 37.1 Å². The van der Waals surface area contributed by atoms with E-state index in [-0.39, 0.29) is 5.56 Å². The van der Waals surface area contributed by atoms with E-state index >= 15 is 0 Å². The maximum absolute atomic E-state index is 11.5. The van der Waals surface area contributed by atoms with Crippen LogP contribution in [0.15, 0.2) is 29.8 Å². The zero-order chi connectivity index (χ0) is 14.3. The third-order valence-electron chi connectivity index (χ3n) is 3.13. The molecule has 1 aromatic carbocycles. The van der Waals surface area contributed by atoms with Crippen molar-refractivity contribution >= 4 is 28.2 Å². The maximum Gasteiger partial charge on any atom is 0.336 e. The smallest absolute Gasteiger partial charge is 0.336 e. The number of carboxylic acid groups (broad SMARTS) is 1. The quantitative estimate of drug-likeness (QED) is 0.779.